The number of nitrogens with one attached hydrogen (secondary N) is 1. The van der Waals surface area contributed by atoms with E-state index in [1.807, 2.05) is 0 Å². The van der Waals surface area contributed by atoms with Gasteiger partial charge in [-0.25, -0.2) is 27.6 Å². The SMILES string of the molecule is O=C(Cn1nc2c(Oc3cccc(F)c3)nccn2c1=O)Nc1ccccc1F. The zero-order valence-electron chi connectivity index (χ0n) is 14.8. The normalized spacial score (nSPS) is 10.8. The summed E-state index contributed by atoms with van der Waals surface area (Å²) in [7, 11) is 0. The van der Waals surface area contributed by atoms with Gasteiger partial charge in [-0.1, -0.05) is 18.2 Å². The molecule has 0 aliphatic carbocycles. The number of nitrogens with zero attached hydrogens (tertiary/aromatic N) is 4. The molecule has 1 amide bonds. The lowest BCUT2D eigenvalue weighted by molar-refractivity contribution is -0.117. The third-order valence-electron chi connectivity index (χ3n) is 3.92. The molecule has 10 heteroatoms. The lowest BCUT2D eigenvalue weighted by Crippen LogP contribution is -2.28. The zero-order chi connectivity index (χ0) is 20.4. The number of fused-ring (bicyclic) bond motifs is 1. The number of carbonyl (C=O) groups is 1. The maximum Gasteiger partial charge on any atom is 0.351 e. The molecule has 2 aromatic carbocycles. The van der Waals surface area contributed by atoms with Gasteiger partial charge in [0.1, 0.15) is 23.9 Å². The molecule has 1 N–H and O–H groups in total. The third-order valence-corrected chi connectivity index (χ3v) is 3.92. The van der Waals surface area contributed by atoms with Crippen LogP contribution in [0, 0.1) is 11.6 Å². The van der Waals surface area contributed by atoms with Crippen LogP contribution < -0.4 is 15.7 Å². The van der Waals surface area contributed by atoms with Gasteiger partial charge in [0.15, 0.2) is 0 Å². The van der Waals surface area contributed by atoms with Crippen molar-refractivity contribution in [3.8, 4) is 11.6 Å². The van der Waals surface area contributed by atoms with Gasteiger partial charge < -0.3 is 10.1 Å². The number of ether oxygens (including phenoxy) is 1. The Balaban J connectivity index is 1.61. The third kappa shape index (κ3) is 3.81. The number of para-hydroxylation sites is 1. The van der Waals surface area contributed by atoms with Crippen molar-refractivity contribution >= 4 is 17.2 Å². The fraction of sp³-hybridized carbons (Fsp3) is 0.0526. The molecule has 2 aromatic heterocycles. The topological polar surface area (TPSA) is 90.5 Å². The number of hydrogen-bond acceptors (Lipinski definition) is 5. The molecule has 0 aliphatic rings. The predicted octanol–water partition coefficient (Wildman–Crippen LogP) is 2.60. The number of benzene rings is 2. The van der Waals surface area contributed by atoms with E-state index in [-0.39, 0.29) is 23.0 Å². The summed E-state index contributed by atoms with van der Waals surface area (Å²) >= 11 is 0. The summed E-state index contributed by atoms with van der Waals surface area (Å²) in [5.41, 5.74) is -0.582. The maximum atomic E-state index is 13.7. The van der Waals surface area contributed by atoms with Crippen molar-refractivity contribution in [2.45, 2.75) is 6.54 Å². The van der Waals surface area contributed by atoms with Crippen LogP contribution in [-0.2, 0) is 11.3 Å². The summed E-state index contributed by atoms with van der Waals surface area (Å²) in [6.45, 7) is -0.450. The van der Waals surface area contributed by atoms with E-state index in [4.69, 9.17) is 4.74 Å². The molecule has 29 heavy (non-hydrogen) atoms. The van der Waals surface area contributed by atoms with E-state index < -0.39 is 29.8 Å². The number of carbonyl (C=O) groups excluding carboxylic acids is 1. The summed E-state index contributed by atoms with van der Waals surface area (Å²) < 4.78 is 34.6. The fourth-order valence-electron chi connectivity index (χ4n) is 2.63. The second-order valence-electron chi connectivity index (χ2n) is 5.95. The molecule has 4 rings (SSSR count). The molecule has 0 aliphatic heterocycles. The highest BCUT2D eigenvalue weighted by molar-refractivity contribution is 5.90. The number of rotatable bonds is 5. The number of aromatic nitrogens is 4. The zero-order valence-corrected chi connectivity index (χ0v) is 14.8. The van der Waals surface area contributed by atoms with Crippen LogP contribution in [0.2, 0.25) is 0 Å². The molecular weight excluding hydrogens is 384 g/mol. The number of anilines is 1. The minimum Gasteiger partial charge on any atom is -0.436 e. The first-order valence-corrected chi connectivity index (χ1v) is 8.43. The lowest BCUT2D eigenvalue weighted by atomic mass is 10.3. The van der Waals surface area contributed by atoms with Crippen LogP contribution in [0.5, 0.6) is 11.6 Å². The molecule has 2 heterocycles. The Hall–Kier alpha value is -4.08. The van der Waals surface area contributed by atoms with Gasteiger partial charge in [-0.2, -0.15) is 0 Å². The van der Waals surface area contributed by atoms with Crippen LogP contribution in [0.1, 0.15) is 0 Å². The van der Waals surface area contributed by atoms with Gasteiger partial charge >= 0.3 is 5.69 Å². The smallest absolute Gasteiger partial charge is 0.351 e. The Morgan fingerprint density at radius 2 is 1.97 bits per heavy atom. The molecule has 0 fully saturated rings. The van der Waals surface area contributed by atoms with E-state index in [0.29, 0.717) is 0 Å². The monoisotopic (exact) mass is 397 g/mol. The van der Waals surface area contributed by atoms with Crippen molar-refractivity contribution in [3.63, 3.8) is 0 Å². The van der Waals surface area contributed by atoms with Crippen molar-refractivity contribution in [1.29, 1.82) is 0 Å². The van der Waals surface area contributed by atoms with Crippen LogP contribution in [0.4, 0.5) is 14.5 Å². The van der Waals surface area contributed by atoms with Crippen LogP contribution in [-0.4, -0.2) is 25.1 Å². The second kappa shape index (κ2) is 7.50. The van der Waals surface area contributed by atoms with E-state index in [2.05, 4.69) is 15.4 Å². The molecule has 146 valence electrons. The van der Waals surface area contributed by atoms with E-state index >= 15 is 0 Å². The van der Waals surface area contributed by atoms with Crippen molar-refractivity contribution in [2.24, 2.45) is 0 Å². The van der Waals surface area contributed by atoms with Crippen LogP contribution >= 0.6 is 0 Å². The van der Waals surface area contributed by atoms with Crippen LogP contribution in [0.25, 0.3) is 5.65 Å². The minimum absolute atomic E-state index is 0.00823. The van der Waals surface area contributed by atoms with Gasteiger partial charge in [0, 0.05) is 18.5 Å². The van der Waals surface area contributed by atoms with Crippen molar-refractivity contribution < 1.29 is 18.3 Å². The Labute approximate surface area is 162 Å². The predicted molar refractivity (Wildman–Crippen MR) is 98.8 cm³/mol. The van der Waals surface area contributed by atoms with Gasteiger partial charge in [-0.3, -0.25) is 4.79 Å². The molecule has 0 saturated heterocycles. The summed E-state index contributed by atoms with van der Waals surface area (Å²) in [6.07, 6.45) is 2.67. The number of halogens is 2. The molecular formula is C19H13F2N5O3. The van der Waals surface area contributed by atoms with Crippen LogP contribution in [0.3, 0.4) is 0 Å². The Bertz CT molecular complexity index is 1270. The molecule has 0 atom stereocenters. The Kier molecular flexibility index (Phi) is 4.73. The van der Waals surface area contributed by atoms with Crippen molar-refractivity contribution in [3.05, 3.63) is 83.0 Å². The van der Waals surface area contributed by atoms with Gasteiger partial charge in [0.2, 0.25) is 11.6 Å². The first kappa shape index (κ1) is 18.3. The summed E-state index contributed by atoms with van der Waals surface area (Å²) in [5.74, 6) is -1.60. The summed E-state index contributed by atoms with van der Waals surface area (Å²) in [4.78, 5) is 28.7. The van der Waals surface area contributed by atoms with E-state index in [9.17, 15) is 18.4 Å². The average molecular weight is 397 g/mol. The molecule has 4 aromatic rings. The second-order valence-corrected chi connectivity index (χ2v) is 5.95. The van der Waals surface area contributed by atoms with E-state index in [1.54, 1.807) is 6.07 Å². The van der Waals surface area contributed by atoms with Gasteiger partial charge in [-0.15, -0.1) is 5.10 Å². The van der Waals surface area contributed by atoms with Gasteiger partial charge in [-0.05, 0) is 24.3 Å². The Morgan fingerprint density at radius 3 is 2.76 bits per heavy atom. The molecule has 0 radical (unpaired) electrons. The van der Waals surface area contributed by atoms with Gasteiger partial charge in [0.05, 0.1) is 5.69 Å². The van der Waals surface area contributed by atoms with Crippen LogP contribution in [0.15, 0.2) is 65.7 Å². The molecule has 0 spiro atoms. The number of hydrogen-bond donors (Lipinski definition) is 1. The average Bonchev–Trinajstić information content (AvgIpc) is 3.00. The fourth-order valence-corrected chi connectivity index (χ4v) is 2.63. The Morgan fingerprint density at radius 1 is 1.14 bits per heavy atom. The first-order valence-electron chi connectivity index (χ1n) is 8.43. The quantitative estimate of drug-likeness (QED) is 0.559. The molecule has 8 nitrogen and oxygen atoms in total. The lowest BCUT2D eigenvalue weighted by Gasteiger charge is -2.05. The standard InChI is InChI=1S/C19H13F2N5O3/c20-12-4-3-5-13(10-12)29-18-17-24-26(19(28)25(17)9-8-22-18)11-16(27)23-15-7-2-1-6-14(15)21/h1-10H,11H2,(H,23,27). The highest BCUT2D eigenvalue weighted by Gasteiger charge is 2.16. The summed E-state index contributed by atoms with van der Waals surface area (Å²) in [6, 6.07) is 11.1. The minimum atomic E-state index is -0.638. The number of amides is 1. The van der Waals surface area contributed by atoms with Crippen molar-refractivity contribution in [2.75, 3.05) is 5.32 Å². The highest BCUT2D eigenvalue weighted by Crippen LogP contribution is 2.22. The first-order chi connectivity index (χ1) is 14.0. The highest BCUT2D eigenvalue weighted by atomic mass is 19.1. The van der Waals surface area contributed by atoms with Gasteiger partial charge in [0.25, 0.3) is 5.88 Å². The molecule has 0 unspecified atom stereocenters. The van der Waals surface area contributed by atoms with E-state index in [1.165, 1.54) is 48.8 Å². The largest absolute Gasteiger partial charge is 0.436 e. The maximum absolute atomic E-state index is 13.7. The molecule has 0 saturated carbocycles. The van der Waals surface area contributed by atoms with Crippen molar-refractivity contribution in [1.82, 2.24) is 19.2 Å². The molecule has 0 bridgehead atoms. The summed E-state index contributed by atoms with van der Waals surface area (Å²) in [5, 5.41) is 6.45. The van der Waals surface area contributed by atoms with E-state index in [0.717, 1.165) is 15.1 Å².